The number of H-pyrrole nitrogens is 1. The van der Waals surface area contributed by atoms with Crippen molar-refractivity contribution >= 4 is 11.0 Å². The minimum atomic E-state index is -0.253. The molecule has 2 heterocycles. The van der Waals surface area contributed by atoms with Gasteiger partial charge in [0.25, 0.3) is 0 Å². The van der Waals surface area contributed by atoms with Crippen molar-refractivity contribution in [2.75, 3.05) is 0 Å². The third-order valence-electron chi connectivity index (χ3n) is 3.70. The van der Waals surface area contributed by atoms with Gasteiger partial charge in [-0.15, -0.1) is 0 Å². The summed E-state index contributed by atoms with van der Waals surface area (Å²) in [6.45, 7) is 1.86. The Balaban J connectivity index is 1.92. The molecular formula is C15H13FN4. The highest BCUT2D eigenvalue weighted by molar-refractivity contribution is 5.82. The summed E-state index contributed by atoms with van der Waals surface area (Å²) >= 11 is 0. The molecule has 1 saturated carbocycles. The second kappa shape index (κ2) is 4.10. The van der Waals surface area contributed by atoms with Crippen molar-refractivity contribution in [2.45, 2.75) is 25.7 Å². The molecule has 100 valence electrons. The lowest BCUT2D eigenvalue weighted by Gasteiger charge is -2.02. The first-order valence-corrected chi connectivity index (χ1v) is 6.68. The first-order valence-electron chi connectivity index (χ1n) is 6.68. The van der Waals surface area contributed by atoms with Gasteiger partial charge in [-0.05, 0) is 37.5 Å². The number of hydrogen-bond acceptors (Lipinski definition) is 3. The molecule has 4 rings (SSSR count). The van der Waals surface area contributed by atoms with Crippen LogP contribution < -0.4 is 0 Å². The molecule has 0 spiro atoms. The van der Waals surface area contributed by atoms with Crippen molar-refractivity contribution in [1.82, 2.24) is 19.9 Å². The lowest BCUT2D eigenvalue weighted by Crippen LogP contribution is -1.94. The number of imidazole rings is 1. The Labute approximate surface area is 115 Å². The van der Waals surface area contributed by atoms with Gasteiger partial charge < -0.3 is 4.98 Å². The maximum Gasteiger partial charge on any atom is 0.141 e. The molecule has 0 aliphatic heterocycles. The molecule has 0 unspecified atom stereocenters. The summed E-state index contributed by atoms with van der Waals surface area (Å²) in [6.07, 6.45) is 5.69. The number of benzene rings is 1. The van der Waals surface area contributed by atoms with E-state index in [2.05, 4.69) is 19.9 Å². The van der Waals surface area contributed by atoms with E-state index in [0.717, 1.165) is 41.0 Å². The molecule has 3 aromatic rings. The van der Waals surface area contributed by atoms with Crippen LogP contribution in [0.2, 0.25) is 0 Å². The quantitative estimate of drug-likeness (QED) is 0.775. The van der Waals surface area contributed by atoms with Crippen LogP contribution in [0, 0.1) is 12.7 Å². The van der Waals surface area contributed by atoms with Crippen LogP contribution in [0.4, 0.5) is 4.39 Å². The fourth-order valence-electron chi connectivity index (χ4n) is 2.58. The van der Waals surface area contributed by atoms with Crippen LogP contribution in [-0.2, 0) is 0 Å². The third-order valence-corrected chi connectivity index (χ3v) is 3.70. The molecule has 1 N–H and O–H groups in total. The van der Waals surface area contributed by atoms with Gasteiger partial charge in [0.1, 0.15) is 18.0 Å². The highest BCUT2D eigenvalue weighted by atomic mass is 19.1. The Morgan fingerprint density at radius 3 is 2.95 bits per heavy atom. The van der Waals surface area contributed by atoms with Gasteiger partial charge in [0.05, 0.1) is 22.3 Å². The van der Waals surface area contributed by atoms with E-state index in [1.807, 2.05) is 6.92 Å². The fraction of sp³-hybridized carbons (Fsp3) is 0.267. The summed E-state index contributed by atoms with van der Waals surface area (Å²) in [6, 6.07) is 2.97. The molecule has 1 aliphatic rings. The van der Waals surface area contributed by atoms with Gasteiger partial charge in [-0.2, -0.15) is 0 Å². The Morgan fingerprint density at radius 1 is 1.30 bits per heavy atom. The average molecular weight is 268 g/mol. The molecule has 0 amide bonds. The zero-order valence-electron chi connectivity index (χ0n) is 11.0. The number of hydrogen-bond donors (Lipinski definition) is 1. The summed E-state index contributed by atoms with van der Waals surface area (Å²) in [5.74, 6) is 0.979. The van der Waals surface area contributed by atoms with E-state index in [-0.39, 0.29) is 5.82 Å². The second-order valence-corrected chi connectivity index (χ2v) is 5.30. The second-order valence-electron chi connectivity index (χ2n) is 5.30. The van der Waals surface area contributed by atoms with Gasteiger partial charge in [-0.25, -0.2) is 19.3 Å². The summed E-state index contributed by atoms with van der Waals surface area (Å²) in [5.41, 5.74) is 4.30. The molecule has 0 atom stereocenters. The van der Waals surface area contributed by atoms with E-state index in [0.29, 0.717) is 11.4 Å². The predicted octanol–water partition coefficient (Wildman–Crippen LogP) is 3.34. The van der Waals surface area contributed by atoms with E-state index in [9.17, 15) is 4.39 Å². The van der Waals surface area contributed by atoms with Crippen molar-refractivity contribution in [3.05, 3.63) is 41.7 Å². The zero-order chi connectivity index (χ0) is 13.7. The van der Waals surface area contributed by atoms with Crippen LogP contribution in [0.15, 0.2) is 24.7 Å². The number of halogens is 1. The Kier molecular flexibility index (Phi) is 2.36. The average Bonchev–Trinajstić information content (AvgIpc) is 3.19. The van der Waals surface area contributed by atoms with Crippen molar-refractivity contribution in [1.29, 1.82) is 0 Å². The van der Waals surface area contributed by atoms with Gasteiger partial charge in [0, 0.05) is 12.1 Å². The van der Waals surface area contributed by atoms with Gasteiger partial charge in [0.2, 0.25) is 0 Å². The summed E-state index contributed by atoms with van der Waals surface area (Å²) in [7, 11) is 0. The molecule has 0 radical (unpaired) electrons. The molecular weight excluding hydrogens is 255 g/mol. The molecule has 4 nitrogen and oxygen atoms in total. The molecule has 1 aromatic carbocycles. The lowest BCUT2D eigenvalue weighted by atomic mass is 10.1. The van der Waals surface area contributed by atoms with Gasteiger partial charge in [0.15, 0.2) is 0 Å². The number of aromatic amines is 1. The number of aromatic nitrogens is 4. The summed E-state index contributed by atoms with van der Waals surface area (Å²) in [4.78, 5) is 16.3. The number of nitrogens with one attached hydrogen (secondary N) is 1. The van der Waals surface area contributed by atoms with Gasteiger partial charge in [-0.1, -0.05) is 0 Å². The van der Waals surface area contributed by atoms with E-state index in [1.54, 1.807) is 12.5 Å². The minimum absolute atomic E-state index is 0.253. The Hall–Kier alpha value is -2.30. The van der Waals surface area contributed by atoms with Gasteiger partial charge in [-0.3, -0.25) is 0 Å². The standard InChI is InChI=1S/C15H13FN4/c1-8-4-10(16)5-12-13(8)20-15(19-12)11-6-17-7-18-14(11)9-2-3-9/h4-7,9H,2-3H2,1H3,(H,19,20). The van der Waals surface area contributed by atoms with Crippen LogP contribution in [0.3, 0.4) is 0 Å². The number of aryl methyl sites for hydroxylation is 1. The number of nitrogens with zero attached hydrogens (tertiary/aromatic N) is 3. The normalized spacial score (nSPS) is 14.9. The van der Waals surface area contributed by atoms with Crippen LogP contribution >= 0.6 is 0 Å². The maximum absolute atomic E-state index is 13.5. The first kappa shape index (κ1) is 11.5. The minimum Gasteiger partial charge on any atom is -0.338 e. The zero-order valence-corrected chi connectivity index (χ0v) is 11.0. The highest BCUT2D eigenvalue weighted by Gasteiger charge is 2.28. The van der Waals surface area contributed by atoms with E-state index >= 15 is 0 Å². The first-order chi connectivity index (χ1) is 9.72. The van der Waals surface area contributed by atoms with Crippen LogP contribution in [0.25, 0.3) is 22.4 Å². The molecule has 0 bridgehead atoms. The van der Waals surface area contributed by atoms with E-state index in [4.69, 9.17) is 0 Å². The van der Waals surface area contributed by atoms with E-state index in [1.165, 1.54) is 12.1 Å². The third kappa shape index (κ3) is 1.78. The summed E-state index contributed by atoms with van der Waals surface area (Å²) in [5, 5.41) is 0. The molecule has 1 aliphatic carbocycles. The SMILES string of the molecule is Cc1cc(F)cc2[nH]c(-c3cncnc3C3CC3)nc12. The van der Waals surface area contributed by atoms with Crippen LogP contribution in [0.1, 0.15) is 30.0 Å². The van der Waals surface area contributed by atoms with E-state index < -0.39 is 0 Å². The molecule has 0 saturated heterocycles. The van der Waals surface area contributed by atoms with Crippen molar-refractivity contribution in [2.24, 2.45) is 0 Å². The van der Waals surface area contributed by atoms with Crippen molar-refractivity contribution in [3.8, 4) is 11.4 Å². The topological polar surface area (TPSA) is 54.5 Å². The van der Waals surface area contributed by atoms with Crippen molar-refractivity contribution in [3.63, 3.8) is 0 Å². The molecule has 20 heavy (non-hydrogen) atoms. The lowest BCUT2D eigenvalue weighted by molar-refractivity contribution is 0.628. The Morgan fingerprint density at radius 2 is 2.15 bits per heavy atom. The van der Waals surface area contributed by atoms with Gasteiger partial charge >= 0.3 is 0 Å². The predicted molar refractivity (Wildman–Crippen MR) is 73.8 cm³/mol. The molecule has 5 heteroatoms. The molecule has 2 aromatic heterocycles. The maximum atomic E-state index is 13.5. The Bertz CT molecular complexity index is 805. The fourth-order valence-corrected chi connectivity index (χ4v) is 2.58. The molecule has 1 fully saturated rings. The monoisotopic (exact) mass is 268 g/mol. The number of rotatable bonds is 2. The smallest absolute Gasteiger partial charge is 0.141 e. The van der Waals surface area contributed by atoms with Crippen LogP contribution in [0.5, 0.6) is 0 Å². The summed E-state index contributed by atoms with van der Waals surface area (Å²) < 4.78 is 13.5. The van der Waals surface area contributed by atoms with Crippen LogP contribution in [-0.4, -0.2) is 19.9 Å². The largest absolute Gasteiger partial charge is 0.338 e. The highest BCUT2D eigenvalue weighted by Crippen LogP contribution is 2.42. The van der Waals surface area contributed by atoms with Crippen molar-refractivity contribution < 1.29 is 4.39 Å². The number of fused-ring (bicyclic) bond motifs is 1.